The van der Waals surface area contributed by atoms with Crippen molar-refractivity contribution >= 4 is 18.4 Å². The van der Waals surface area contributed by atoms with E-state index < -0.39 is 24.5 Å². The maximum atomic E-state index is 12.6. The second kappa shape index (κ2) is 4.64. The molecule has 0 fully saturated rings. The lowest BCUT2D eigenvalue weighted by Gasteiger charge is -2.26. The van der Waals surface area contributed by atoms with E-state index in [1.807, 2.05) is 0 Å². The van der Waals surface area contributed by atoms with Crippen LogP contribution in [0.25, 0.3) is 0 Å². The van der Waals surface area contributed by atoms with Crippen molar-refractivity contribution in [1.29, 1.82) is 0 Å². The summed E-state index contributed by atoms with van der Waals surface area (Å²) >= 11 is 0. The molecule has 1 heterocycles. The van der Waals surface area contributed by atoms with Crippen molar-refractivity contribution in [2.45, 2.75) is 12.5 Å². The Hall–Kier alpha value is -1.50. The number of ether oxygens (including phenoxy) is 2. The molecule has 1 aromatic carbocycles. The molecule has 0 aromatic heterocycles. The first kappa shape index (κ1) is 12.9. The standard InChI is InChI=1S/C11H11BF3O3/c1-17-11(16)10-9-3-2-8(12(13,14)15)6-7(9)4-5-18-10/h2-3,6,10H,4-5H2,1H3/q-1. The fraction of sp³-hybridized carbons (Fsp3) is 0.364. The molecule has 18 heavy (non-hydrogen) atoms. The number of benzene rings is 1. The number of rotatable bonds is 2. The predicted molar refractivity (Wildman–Crippen MR) is 59.6 cm³/mol. The highest BCUT2D eigenvalue weighted by atomic mass is 19.4. The summed E-state index contributed by atoms with van der Waals surface area (Å²) in [5.74, 6) is -0.596. The van der Waals surface area contributed by atoms with Gasteiger partial charge in [-0.25, -0.2) is 4.79 Å². The number of methoxy groups -OCH3 is 1. The highest BCUT2D eigenvalue weighted by molar-refractivity contribution is 6.73. The van der Waals surface area contributed by atoms with Gasteiger partial charge < -0.3 is 22.4 Å². The van der Waals surface area contributed by atoms with Gasteiger partial charge in [0.2, 0.25) is 0 Å². The maximum Gasteiger partial charge on any atom is 0.509 e. The summed E-state index contributed by atoms with van der Waals surface area (Å²) in [5.41, 5.74) is 0.296. The predicted octanol–water partition coefficient (Wildman–Crippen LogP) is 1.53. The summed E-state index contributed by atoms with van der Waals surface area (Å²) < 4.78 is 47.7. The van der Waals surface area contributed by atoms with Crippen LogP contribution in [0.4, 0.5) is 12.9 Å². The molecule has 1 aromatic rings. The summed E-state index contributed by atoms with van der Waals surface area (Å²) in [5, 5.41) is 0. The van der Waals surface area contributed by atoms with E-state index in [9.17, 15) is 17.7 Å². The average molecular weight is 259 g/mol. The minimum atomic E-state index is -5.02. The van der Waals surface area contributed by atoms with Gasteiger partial charge in [-0.15, -0.1) is 5.46 Å². The molecule has 0 bridgehead atoms. The first-order valence-electron chi connectivity index (χ1n) is 5.45. The van der Waals surface area contributed by atoms with E-state index in [1.54, 1.807) is 0 Å². The number of hydrogen-bond donors (Lipinski definition) is 0. The number of carbonyl (C=O) groups is 1. The molecule has 0 spiro atoms. The van der Waals surface area contributed by atoms with Crippen LogP contribution in [0.3, 0.4) is 0 Å². The summed E-state index contributed by atoms with van der Waals surface area (Å²) in [7, 11) is 1.22. The Morgan fingerprint density at radius 1 is 1.44 bits per heavy atom. The first-order chi connectivity index (χ1) is 8.43. The van der Waals surface area contributed by atoms with E-state index in [2.05, 4.69) is 4.74 Å². The summed E-state index contributed by atoms with van der Waals surface area (Å²) in [6.45, 7) is -4.81. The Bertz CT molecular complexity index is 473. The fourth-order valence-corrected chi connectivity index (χ4v) is 1.98. The lowest BCUT2D eigenvalue weighted by Crippen LogP contribution is -2.35. The molecule has 7 heteroatoms. The van der Waals surface area contributed by atoms with Crippen molar-refractivity contribution in [3.8, 4) is 0 Å². The largest absolute Gasteiger partial charge is 0.509 e. The van der Waals surface area contributed by atoms with Crippen molar-refractivity contribution in [2.75, 3.05) is 13.7 Å². The first-order valence-corrected chi connectivity index (χ1v) is 5.45. The van der Waals surface area contributed by atoms with Crippen LogP contribution in [-0.2, 0) is 20.7 Å². The number of esters is 1. The van der Waals surface area contributed by atoms with Gasteiger partial charge in [-0.3, -0.25) is 0 Å². The smallest absolute Gasteiger partial charge is 0.467 e. The molecule has 0 radical (unpaired) electrons. The van der Waals surface area contributed by atoms with E-state index in [0.717, 1.165) is 12.1 Å². The molecule has 1 aliphatic heterocycles. The van der Waals surface area contributed by atoms with Crippen LogP contribution in [0, 0.1) is 0 Å². The Morgan fingerprint density at radius 2 is 2.17 bits per heavy atom. The second-order valence-corrected chi connectivity index (χ2v) is 4.06. The van der Waals surface area contributed by atoms with Crippen molar-refractivity contribution in [2.24, 2.45) is 0 Å². The zero-order chi connectivity index (χ0) is 13.3. The van der Waals surface area contributed by atoms with Gasteiger partial charge in [0.1, 0.15) is 0 Å². The van der Waals surface area contributed by atoms with Gasteiger partial charge in [0.15, 0.2) is 6.10 Å². The summed E-state index contributed by atoms with van der Waals surface area (Å²) in [6.07, 6.45) is -0.559. The summed E-state index contributed by atoms with van der Waals surface area (Å²) in [4.78, 5) is 11.4. The number of fused-ring (bicyclic) bond motifs is 1. The van der Waals surface area contributed by atoms with Gasteiger partial charge in [-0.1, -0.05) is 18.2 Å². The topological polar surface area (TPSA) is 35.5 Å². The molecule has 0 saturated heterocycles. The molecule has 0 aliphatic carbocycles. The Kier molecular flexibility index (Phi) is 3.34. The molecule has 0 amide bonds. The van der Waals surface area contributed by atoms with Crippen molar-refractivity contribution in [1.82, 2.24) is 0 Å². The van der Waals surface area contributed by atoms with Crippen molar-refractivity contribution in [3.05, 3.63) is 29.3 Å². The fourth-order valence-electron chi connectivity index (χ4n) is 1.98. The SMILES string of the molecule is COC(=O)C1OCCc2cc([B-](F)(F)F)ccc21. The summed E-state index contributed by atoms with van der Waals surface area (Å²) in [6, 6.07) is 3.36. The second-order valence-electron chi connectivity index (χ2n) is 4.06. The normalized spacial score (nSPS) is 19.2. The maximum absolute atomic E-state index is 12.6. The zero-order valence-electron chi connectivity index (χ0n) is 9.66. The van der Waals surface area contributed by atoms with Crippen LogP contribution >= 0.6 is 0 Å². The van der Waals surface area contributed by atoms with E-state index in [-0.39, 0.29) is 6.61 Å². The van der Waals surface area contributed by atoms with Crippen LogP contribution in [0.1, 0.15) is 17.2 Å². The van der Waals surface area contributed by atoms with E-state index in [4.69, 9.17) is 4.74 Å². The highest BCUT2D eigenvalue weighted by Crippen LogP contribution is 2.28. The van der Waals surface area contributed by atoms with Crippen molar-refractivity contribution in [3.63, 3.8) is 0 Å². The van der Waals surface area contributed by atoms with Gasteiger partial charge in [-0.2, -0.15) is 0 Å². The van der Waals surface area contributed by atoms with Crippen molar-refractivity contribution < 1.29 is 27.2 Å². The lowest BCUT2D eigenvalue weighted by atomic mass is 9.77. The van der Waals surface area contributed by atoms with E-state index in [0.29, 0.717) is 17.5 Å². The van der Waals surface area contributed by atoms with Gasteiger partial charge in [-0.05, 0) is 17.5 Å². The third-order valence-electron chi connectivity index (χ3n) is 2.90. The molecule has 1 aliphatic rings. The number of halogens is 3. The Balaban J connectivity index is 2.40. The zero-order valence-corrected chi connectivity index (χ0v) is 9.66. The molecular weight excluding hydrogens is 248 g/mol. The minimum absolute atomic E-state index is 0.209. The Morgan fingerprint density at radius 3 is 2.78 bits per heavy atom. The average Bonchev–Trinajstić information content (AvgIpc) is 2.35. The van der Waals surface area contributed by atoms with Gasteiger partial charge >= 0.3 is 12.9 Å². The molecule has 1 unspecified atom stereocenters. The quantitative estimate of drug-likeness (QED) is 0.596. The highest BCUT2D eigenvalue weighted by Gasteiger charge is 2.31. The molecule has 2 rings (SSSR count). The minimum Gasteiger partial charge on any atom is -0.467 e. The van der Waals surface area contributed by atoms with Crippen LogP contribution in [0.5, 0.6) is 0 Å². The molecule has 3 nitrogen and oxygen atoms in total. The lowest BCUT2D eigenvalue weighted by molar-refractivity contribution is -0.155. The van der Waals surface area contributed by atoms with Gasteiger partial charge in [0, 0.05) is 0 Å². The monoisotopic (exact) mass is 259 g/mol. The third kappa shape index (κ3) is 2.36. The number of hydrogen-bond acceptors (Lipinski definition) is 3. The van der Waals surface area contributed by atoms with Crippen LogP contribution in [-0.4, -0.2) is 26.7 Å². The van der Waals surface area contributed by atoms with E-state index in [1.165, 1.54) is 13.2 Å². The van der Waals surface area contributed by atoms with Gasteiger partial charge in [0.05, 0.1) is 13.7 Å². The van der Waals surface area contributed by atoms with Crippen LogP contribution in [0.2, 0.25) is 0 Å². The van der Waals surface area contributed by atoms with Gasteiger partial charge in [0.25, 0.3) is 0 Å². The Labute approximate surface area is 102 Å². The van der Waals surface area contributed by atoms with Crippen LogP contribution < -0.4 is 5.46 Å². The van der Waals surface area contributed by atoms with Crippen LogP contribution in [0.15, 0.2) is 18.2 Å². The molecule has 98 valence electrons. The molecular formula is C11H11BF3O3-. The molecule has 1 atom stereocenters. The molecule has 0 N–H and O–H groups in total. The molecule has 0 saturated carbocycles. The van der Waals surface area contributed by atoms with E-state index >= 15 is 0 Å². The third-order valence-corrected chi connectivity index (χ3v) is 2.90. The number of carbonyl (C=O) groups excluding carboxylic acids is 1.